The van der Waals surface area contributed by atoms with Crippen LogP contribution in [0.15, 0.2) is 188 Å². The number of para-hydroxylation sites is 1. The van der Waals surface area contributed by atoms with Gasteiger partial charge in [-0.1, -0.05) is 159 Å². The maximum Gasteiger partial charge on any atom is 0.235 e. The van der Waals surface area contributed by atoms with Gasteiger partial charge in [-0.25, -0.2) is 9.97 Å². The average molecular weight is 744 g/mol. The van der Waals surface area contributed by atoms with Crippen molar-refractivity contribution >= 4 is 27.4 Å². The van der Waals surface area contributed by atoms with Crippen molar-refractivity contribution < 1.29 is 0 Å². The molecule has 0 atom stereocenters. The van der Waals surface area contributed by atoms with Gasteiger partial charge in [-0.2, -0.15) is 0 Å². The summed E-state index contributed by atoms with van der Waals surface area (Å²) in [6.45, 7) is 4.69. The van der Waals surface area contributed by atoms with Crippen molar-refractivity contribution in [3.05, 3.63) is 205 Å². The summed E-state index contributed by atoms with van der Waals surface area (Å²) in [7, 11) is 0. The quantitative estimate of drug-likeness (QED) is 0.170. The summed E-state index contributed by atoms with van der Waals surface area (Å²) in [5, 5.41) is 2.35. The Kier molecular flexibility index (Phi) is 7.97. The molecule has 0 aliphatic heterocycles. The van der Waals surface area contributed by atoms with E-state index in [1.165, 1.54) is 60.9 Å². The van der Waals surface area contributed by atoms with Crippen molar-refractivity contribution in [2.24, 2.45) is 0 Å². The van der Waals surface area contributed by atoms with E-state index in [1.807, 2.05) is 0 Å². The van der Waals surface area contributed by atoms with Crippen molar-refractivity contribution in [2.75, 3.05) is 0 Å². The van der Waals surface area contributed by atoms with E-state index in [2.05, 4.69) is 207 Å². The number of nitrogens with zero attached hydrogens (tertiary/aromatic N) is 3. The summed E-state index contributed by atoms with van der Waals surface area (Å²) in [6.07, 6.45) is 8.98. The fourth-order valence-electron chi connectivity index (χ4n) is 9.26. The second kappa shape index (κ2) is 13.5. The van der Waals surface area contributed by atoms with E-state index < -0.39 is 0 Å². The number of fused-ring (bicyclic) bond motifs is 6. The monoisotopic (exact) mass is 743 g/mol. The van der Waals surface area contributed by atoms with Crippen LogP contribution in [0.2, 0.25) is 0 Å². The zero-order chi connectivity index (χ0) is 38.8. The summed E-state index contributed by atoms with van der Waals surface area (Å²) in [6, 6.07) is 61.6. The molecular weight excluding hydrogens is 703 g/mol. The lowest BCUT2D eigenvalue weighted by Crippen LogP contribution is -2.14. The van der Waals surface area contributed by atoms with Crippen molar-refractivity contribution in [2.45, 2.75) is 32.1 Å². The Labute approximate surface area is 339 Å². The SMILES string of the molecule is CC1(C)c2ccccc2-c2ccc(-c3ccc4c(c3)c3ccccc3n4-c3nc(-c4cccc(C5=CCCC=C5)c4)cc(-c4cccc(-c5ccccc5)c4)n3)cc21. The van der Waals surface area contributed by atoms with E-state index in [1.54, 1.807) is 0 Å². The predicted molar refractivity (Wildman–Crippen MR) is 242 cm³/mol. The van der Waals surface area contributed by atoms with Crippen LogP contribution in [0.25, 0.3) is 89.2 Å². The molecule has 9 aromatic rings. The molecule has 0 bridgehead atoms. The van der Waals surface area contributed by atoms with Crippen molar-refractivity contribution in [3.8, 4) is 61.8 Å². The first-order chi connectivity index (χ1) is 28.5. The molecule has 58 heavy (non-hydrogen) atoms. The van der Waals surface area contributed by atoms with Crippen LogP contribution >= 0.6 is 0 Å². The zero-order valence-electron chi connectivity index (χ0n) is 32.7. The third-order valence-electron chi connectivity index (χ3n) is 12.3. The van der Waals surface area contributed by atoms with Crippen LogP contribution in [-0.2, 0) is 5.41 Å². The van der Waals surface area contributed by atoms with Crippen molar-refractivity contribution in [1.82, 2.24) is 14.5 Å². The highest BCUT2D eigenvalue weighted by Gasteiger charge is 2.35. The number of rotatable bonds is 6. The van der Waals surface area contributed by atoms with E-state index in [4.69, 9.17) is 9.97 Å². The zero-order valence-corrected chi connectivity index (χ0v) is 32.7. The maximum atomic E-state index is 5.41. The average Bonchev–Trinajstić information content (AvgIpc) is 3.74. The number of benzene rings is 7. The standard InChI is InChI=1S/C55H41N3/c1-55(2)48-25-11-9-23-44(48)45-29-27-41(34-49(45)55)40-28-30-53-47(33-40)46-24-10-12-26-52(46)58(53)54-56-50(42-21-13-19-38(31-42)36-15-5-3-6-16-36)35-51(57-54)43-22-14-20-39(32-43)37-17-7-4-8-18-37/h3,5-7,9-35H,4,8H2,1-2H3. The molecule has 276 valence electrons. The summed E-state index contributed by atoms with van der Waals surface area (Å²) in [4.78, 5) is 10.8. The van der Waals surface area contributed by atoms with Crippen molar-refractivity contribution in [3.63, 3.8) is 0 Å². The highest BCUT2D eigenvalue weighted by Crippen LogP contribution is 2.49. The third-order valence-corrected chi connectivity index (χ3v) is 12.3. The Hall–Kier alpha value is -7.10. The molecule has 0 amide bonds. The predicted octanol–water partition coefficient (Wildman–Crippen LogP) is 14.3. The Morgan fingerprint density at radius 1 is 0.448 bits per heavy atom. The smallest absolute Gasteiger partial charge is 0.235 e. The molecule has 0 saturated heterocycles. The summed E-state index contributed by atoms with van der Waals surface area (Å²) in [5.41, 5.74) is 18.6. The molecule has 0 fully saturated rings. The molecule has 2 heterocycles. The van der Waals surface area contributed by atoms with Gasteiger partial charge in [0, 0.05) is 27.3 Å². The van der Waals surface area contributed by atoms with Gasteiger partial charge >= 0.3 is 0 Å². The molecule has 3 heteroatoms. The Morgan fingerprint density at radius 3 is 1.88 bits per heavy atom. The normalized spacial score (nSPS) is 14.1. The second-order valence-corrected chi connectivity index (χ2v) is 16.1. The minimum atomic E-state index is -0.0632. The molecule has 11 rings (SSSR count). The number of aromatic nitrogens is 3. The van der Waals surface area contributed by atoms with Crippen LogP contribution in [0.5, 0.6) is 0 Å². The van der Waals surface area contributed by atoms with Gasteiger partial charge in [0.05, 0.1) is 22.4 Å². The highest BCUT2D eigenvalue weighted by atomic mass is 15.2. The molecule has 2 aromatic heterocycles. The highest BCUT2D eigenvalue weighted by molar-refractivity contribution is 6.10. The molecule has 3 nitrogen and oxygen atoms in total. The first-order valence-electron chi connectivity index (χ1n) is 20.3. The summed E-state index contributed by atoms with van der Waals surface area (Å²) >= 11 is 0. The molecule has 0 saturated carbocycles. The van der Waals surface area contributed by atoms with Crippen LogP contribution in [0.1, 0.15) is 43.4 Å². The van der Waals surface area contributed by atoms with E-state index in [9.17, 15) is 0 Å². The van der Waals surface area contributed by atoms with Gasteiger partial charge in [-0.15, -0.1) is 0 Å². The first-order valence-corrected chi connectivity index (χ1v) is 20.3. The summed E-state index contributed by atoms with van der Waals surface area (Å²) in [5.74, 6) is 0.649. The van der Waals surface area contributed by atoms with Crippen molar-refractivity contribution in [1.29, 1.82) is 0 Å². The van der Waals surface area contributed by atoms with E-state index in [0.29, 0.717) is 5.95 Å². The third kappa shape index (κ3) is 5.65. The minimum Gasteiger partial charge on any atom is -0.278 e. The Balaban J connectivity index is 1.09. The van der Waals surface area contributed by atoms with Gasteiger partial charge in [0.2, 0.25) is 5.95 Å². The minimum absolute atomic E-state index is 0.0632. The number of hydrogen-bond acceptors (Lipinski definition) is 2. The lowest BCUT2D eigenvalue weighted by atomic mass is 9.81. The topological polar surface area (TPSA) is 30.7 Å². The van der Waals surface area contributed by atoms with Crippen LogP contribution in [0.4, 0.5) is 0 Å². The van der Waals surface area contributed by atoms with Gasteiger partial charge in [0.1, 0.15) is 0 Å². The van der Waals surface area contributed by atoms with Gasteiger partial charge in [0.25, 0.3) is 0 Å². The number of allylic oxidation sites excluding steroid dienone is 4. The van der Waals surface area contributed by atoms with Crippen LogP contribution in [0.3, 0.4) is 0 Å². The number of hydrogen-bond donors (Lipinski definition) is 0. The van der Waals surface area contributed by atoms with Gasteiger partial charge in [-0.3, -0.25) is 4.57 Å². The van der Waals surface area contributed by atoms with E-state index in [-0.39, 0.29) is 5.41 Å². The Bertz CT molecular complexity index is 3140. The largest absolute Gasteiger partial charge is 0.278 e. The lowest BCUT2D eigenvalue weighted by Gasteiger charge is -2.22. The lowest BCUT2D eigenvalue weighted by molar-refractivity contribution is 0.660. The summed E-state index contributed by atoms with van der Waals surface area (Å²) < 4.78 is 2.25. The van der Waals surface area contributed by atoms with Gasteiger partial charge in [-0.05, 0) is 111 Å². The molecule has 2 aliphatic rings. The van der Waals surface area contributed by atoms with Crippen LogP contribution < -0.4 is 0 Å². The first kappa shape index (κ1) is 34.2. The maximum absolute atomic E-state index is 5.41. The fraction of sp³-hybridized carbons (Fsp3) is 0.0909. The van der Waals surface area contributed by atoms with E-state index in [0.717, 1.165) is 52.0 Å². The molecular formula is C55H41N3. The van der Waals surface area contributed by atoms with Gasteiger partial charge < -0.3 is 0 Å². The molecule has 0 N–H and O–H groups in total. The molecule has 2 aliphatic carbocycles. The molecule has 7 aromatic carbocycles. The van der Waals surface area contributed by atoms with Crippen LogP contribution in [0, 0.1) is 0 Å². The second-order valence-electron chi connectivity index (χ2n) is 16.1. The molecule has 0 radical (unpaired) electrons. The van der Waals surface area contributed by atoms with E-state index >= 15 is 0 Å². The van der Waals surface area contributed by atoms with Crippen LogP contribution in [-0.4, -0.2) is 14.5 Å². The fourth-order valence-corrected chi connectivity index (χ4v) is 9.26. The molecule has 0 unspecified atom stereocenters. The van der Waals surface area contributed by atoms with Gasteiger partial charge in [0.15, 0.2) is 0 Å². The Morgan fingerprint density at radius 2 is 1.07 bits per heavy atom. The molecule has 0 spiro atoms.